The average molecular weight is 413 g/mol. The van der Waals surface area contributed by atoms with Gasteiger partial charge in [0.25, 0.3) is 5.91 Å². The highest BCUT2D eigenvalue weighted by atomic mass is 35.5. The maximum Gasteiger partial charge on any atom is 0.257 e. The van der Waals surface area contributed by atoms with Crippen LogP contribution >= 0.6 is 11.6 Å². The van der Waals surface area contributed by atoms with Crippen molar-refractivity contribution in [3.05, 3.63) is 40.6 Å². The topological polar surface area (TPSA) is 55.1 Å². The smallest absolute Gasteiger partial charge is 0.257 e. The molecule has 5 heteroatoms. The Kier molecular flexibility index (Phi) is 4.73. The van der Waals surface area contributed by atoms with E-state index in [0.717, 1.165) is 29.7 Å². The molecule has 1 heterocycles. The summed E-state index contributed by atoms with van der Waals surface area (Å²) < 4.78 is 5.42. The predicted molar refractivity (Wildman–Crippen MR) is 114 cm³/mol. The quantitative estimate of drug-likeness (QED) is 0.652. The number of amides is 1. The van der Waals surface area contributed by atoms with Crippen LogP contribution in [0, 0.1) is 30.1 Å². The van der Waals surface area contributed by atoms with Crippen molar-refractivity contribution in [2.75, 3.05) is 0 Å². The van der Waals surface area contributed by atoms with Crippen LogP contribution in [0.1, 0.15) is 68.0 Å². The Morgan fingerprint density at radius 3 is 2.41 bits per heavy atom. The standard InChI is InChI=1S/C24H29ClN2O2/c1-3-20(24-11-15-8-16(12-24)10-17(9-15)13-24)26-23(28)21-14(2)29-27-22(21)18-6-4-5-7-19(18)25/h4-7,15-17,20H,3,8-13H2,1-2H3,(H,26,28). The van der Waals surface area contributed by atoms with Crippen LogP contribution in [0.15, 0.2) is 28.8 Å². The molecule has 4 fully saturated rings. The summed E-state index contributed by atoms with van der Waals surface area (Å²) >= 11 is 6.38. The maximum atomic E-state index is 13.4. The third-order valence-corrected chi connectivity index (χ3v) is 8.09. The van der Waals surface area contributed by atoms with Gasteiger partial charge in [-0.15, -0.1) is 0 Å². The van der Waals surface area contributed by atoms with Crippen LogP contribution in [0.25, 0.3) is 11.3 Å². The van der Waals surface area contributed by atoms with E-state index in [1.165, 1.54) is 38.5 Å². The van der Waals surface area contributed by atoms with E-state index < -0.39 is 0 Å². The molecule has 4 saturated carbocycles. The molecule has 0 aliphatic heterocycles. The first kappa shape index (κ1) is 19.2. The number of hydrogen-bond donors (Lipinski definition) is 1. The van der Waals surface area contributed by atoms with E-state index in [1.807, 2.05) is 24.3 Å². The first-order valence-corrected chi connectivity index (χ1v) is 11.4. The summed E-state index contributed by atoms with van der Waals surface area (Å²) in [7, 11) is 0. The van der Waals surface area contributed by atoms with E-state index in [9.17, 15) is 4.79 Å². The molecule has 1 atom stereocenters. The number of halogens is 1. The van der Waals surface area contributed by atoms with Gasteiger partial charge < -0.3 is 9.84 Å². The van der Waals surface area contributed by atoms with Gasteiger partial charge in [-0.1, -0.05) is 41.9 Å². The van der Waals surface area contributed by atoms with Crippen molar-refractivity contribution in [3.63, 3.8) is 0 Å². The lowest BCUT2D eigenvalue weighted by atomic mass is 9.47. The highest BCUT2D eigenvalue weighted by Gasteiger charge is 2.54. The van der Waals surface area contributed by atoms with Gasteiger partial charge in [0.15, 0.2) is 0 Å². The summed E-state index contributed by atoms with van der Waals surface area (Å²) in [6.07, 6.45) is 9.01. The molecule has 4 aliphatic carbocycles. The molecule has 29 heavy (non-hydrogen) atoms. The van der Waals surface area contributed by atoms with Crippen LogP contribution in [0.2, 0.25) is 5.02 Å². The van der Waals surface area contributed by atoms with Crippen LogP contribution in [-0.4, -0.2) is 17.1 Å². The Morgan fingerprint density at radius 1 is 1.21 bits per heavy atom. The highest BCUT2D eigenvalue weighted by Crippen LogP contribution is 2.61. The van der Waals surface area contributed by atoms with Crippen LogP contribution in [0.4, 0.5) is 0 Å². The molecule has 1 amide bonds. The summed E-state index contributed by atoms with van der Waals surface area (Å²) in [5, 5.41) is 8.16. The third-order valence-electron chi connectivity index (χ3n) is 7.76. The van der Waals surface area contributed by atoms with Crippen molar-refractivity contribution < 1.29 is 9.32 Å². The molecule has 1 unspecified atom stereocenters. The van der Waals surface area contributed by atoms with Crippen molar-refractivity contribution in [1.29, 1.82) is 0 Å². The van der Waals surface area contributed by atoms with Crippen molar-refractivity contribution >= 4 is 17.5 Å². The van der Waals surface area contributed by atoms with Gasteiger partial charge in [0.05, 0.1) is 5.02 Å². The van der Waals surface area contributed by atoms with Crippen LogP contribution in [0.3, 0.4) is 0 Å². The van der Waals surface area contributed by atoms with Gasteiger partial charge in [-0.3, -0.25) is 4.79 Å². The number of rotatable bonds is 5. The van der Waals surface area contributed by atoms with E-state index in [-0.39, 0.29) is 17.4 Å². The van der Waals surface area contributed by atoms with E-state index in [1.54, 1.807) is 6.92 Å². The normalized spacial score (nSPS) is 31.1. The van der Waals surface area contributed by atoms with E-state index in [2.05, 4.69) is 17.4 Å². The molecular formula is C24H29ClN2O2. The fourth-order valence-corrected chi connectivity index (χ4v) is 7.22. The Labute approximate surface area is 177 Å². The summed E-state index contributed by atoms with van der Waals surface area (Å²) in [6, 6.07) is 7.67. The second-order valence-electron chi connectivity index (χ2n) is 9.66. The molecule has 0 saturated heterocycles. The number of carbonyl (C=O) groups excluding carboxylic acids is 1. The van der Waals surface area contributed by atoms with Crippen molar-refractivity contribution in [1.82, 2.24) is 10.5 Å². The summed E-state index contributed by atoms with van der Waals surface area (Å²) in [6.45, 7) is 4.01. The van der Waals surface area contributed by atoms with Crippen molar-refractivity contribution in [2.45, 2.75) is 64.8 Å². The van der Waals surface area contributed by atoms with E-state index in [4.69, 9.17) is 16.1 Å². The lowest BCUT2D eigenvalue weighted by molar-refractivity contribution is -0.0727. The SMILES string of the molecule is CCC(NC(=O)c1c(-c2ccccc2Cl)noc1C)C12CC3CC(CC(C3)C1)C2. The van der Waals surface area contributed by atoms with Crippen LogP contribution in [0.5, 0.6) is 0 Å². The van der Waals surface area contributed by atoms with E-state index >= 15 is 0 Å². The van der Waals surface area contributed by atoms with Gasteiger partial charge in [-0.2, -0.15) is 0 Å². The monoisotopic (exact) mass is 412 g/mol. The average Bonchev–Trinajstić information content (AvgIpc) is 3.06. The minimum atomic E-state index is -0.0822. The Hall–Kier alpha value is -1.81. The largest absolute Gasteiger partial charge is 0.360 e. The zero-order chi connectivity index (χ0) is 20.2. The number of aryl methyl sites for hydroxylation is 1. The summed E-state index contributed by atoms with van der Waals surface area (Å²) in [5.74, 6) is 3.05. The molecule has 0 radical (unpaired) electrons. The molecule has 1 N–H and O–H groups in total. The Bertz CT molecular complexity index is 899. The lowest BCUT2D eigenvalue weighted by Gasteiger charge is -2.59. The van der Waals surface area contributed by atoms with Gasteiger partial charge in [-0.05, 0) is 81.1 Å². The van der Waals surface area contributed by atoms with E-state index in [0.29, 0.717) is 22.0 Å². The molecule has 6 rings (SSSR count). The lowest BCUT2D eigenvalue weighted by Crippen LogP contribution is -2.56. The zero-order valence-electron chi connectivity index (χ0n) is 17.2. The second kappa shape index (κ2) is 7.16. The van der Waals surface area contributed by atoms with Gasteiger partial charge >= 0.3 is 0 Å². The number of nitrogens with one attached hydrogen (secondary N) is 1. The molecule has 4 nitrogen and oxygen atoms in total. The third kappa shape index (κ3) is 3.20. The van der Waals surface area contributed by atoms with Gasteiger partial charge in [-0.25, -0.2) is 0 Å². The number of nitrogens with zero attached hydrogens (tertiary/aromatic N) is 1. The second-order valence-corrected chi connectivity index (χ2v) is 10.1. The fraction of sp³-hybridized carbons (Fsp3) is 0.583. The zero-order valence-corrected chi connectivity index (χ0v) is 18.0. The number of hydrogen-bond acceptors (Lipinski definition) is 3. The molecule has 1 aromatic carbocycles. The Morgan fingerprint density at radius 2 is 1.83 bits per heavy atom. The highest BCUT2D eigenvalue weighted by molar-refractivity contribution is 6.33. The van der Waals surface area contributed by atoms with Gasteiger partial charge in [0.1, 0.15) is 17.0 Å². The molecule has 4 aliphatic rings. The minimum Gasteiger partial charge on any atom is -0.360 e. The van der Waals surface area contributed by atoms with Crippen LogP contribution in [-0.2, 0) is 0 Å². The molecule has 1 aromatic heterocycles. The number of aromatic nitrogens is 1. The van der Waals surface area contributed by atoms with Crippen molar-refractivity contribution in [3.8, 4) is 11.3 Å². The minimum absolute atomic E-state index is 0.0822. The fourth-order valence-electron chi connectivity index (χ4n) is 7.00. The first-order chi connectivity index (χ1) is 14.0. The summed E-state index contributed by atoms with van der Waals surface area (Å²) in [5.41, 5.74) is 2.06. The maximum absolute atomic E-state index is 13.4. The van der Waals surface area contributed by atoms with Crippen LogP contribution < -0.4 is 5.32 Å². The predicted octanol–water partition coefficient (Wildman–Crippen LogP) is 6.03. The molecule has 0 spiro atoms. The van der Waals surface area contributed by atoms with Gasteiger partial charge in [0, 0.05) is 11.6 Å². The molecule has 2 aromatic rings. The molecule has 4 bridgehead atoms. The summed E-state index contributed by atoms with van der Waals surface area (Å²) in [4.78, 5) is 13.4. The number of carbonyl (C=O) groups is 1. The Balaban J connectivity index is 1.43. The molecule has 154 valence electrons. The first-order valence-electron chi connectivity index (χ1n) is 11.0. The van der Waals surface area contributed by atoms with Gasteiger partial charge in [0.2, 0.25) is 0 Å². The molecular weight excluding hydrogens is 384 g/mol. The van der Waals surface area contributed by atoms with Crippen molar-refractivity contribution in [2.24, 2.45) is 23.2 Å². The number of benzene rings is 1.